The van der Waals surface area contributed by atoms with E-state index in [1.807, 2.05) is 0 Å². The Morgan fingerprint density at radius 3 is 2.48 bits per heavy atom. The van der Waals surface area contributed by atoms with Crippen molar-refractivity contribution in [1.82, 2.24) is 0 Å². The van der Waals surface area contributed by atoms with Crippen molar-refractivity contribution in [2.75, 3.05) is 11.4 Å². The van der Waals surface area contributed by atoms with Crippen molar-refractivity contribution in [2.24, 2.45) is 10.8 Å². The average molecular weight is 345 g/mol. The molecular weight excluding hydrogens is 319 g/mol. The van der Waals surface area contributed by atoms with Crippen LogP contribution in [0.1, 0.15) is 46.5 Å². The largest absolute Gasteiger partial charge is 0.321 e. The van der Waals surface area contributed by atoms with Crippen LogP contribution in [0, 0.1) is 16.6 Å². The van der Waals surface area contributed by atoms with Gasteiger partial charge in [-0.15, -0.1) is 0 Å². The van der Waals surface area contributed by atoms with Crippen molar-refractivity contribution in [3.05, 3.63) is 30.1 Å². The van der Waals surface area contributed by atoms with E-state index in [9.17, 15) is 14.0 Å². The maximum absolute atomic E-state index is 13.2. The first kappa shape index (κ1) is 16.7. The van der Waals surface area contributed by atoms with Crippen molar-refractivity contribution in [3.8, 4) is 0 Å². The van der Waals surface area contributed by atoms with E-state index >= 15 is 0 Å². The molecule has 1 aromatic carbocycles. The molecule has 1 aromatic rings. The SMILES string of the molecule is CC1(C)C[C@@H]2C[C@](C)(C[NH+]2[C@H]2CC(=O)N(c3ccc(F)cc3)C2=O)C1. The minimum Gasteiger partial charge on any atom is -0.321 e. The minimum absolute atomic E-state index is 0.124. The molecule has 1 N–H and O–H groups in total. The monoisotopic (exact) mass is 345 g/mol. The van der Waals surface area contributed by atoms with Crippen molar-refractivity contribution in [3.63, 3.8) is 0 Å². The highest BCUT2D eigenvalue weighted by Gasteiger charge is 2.58. The van der Waals surface area contributed by atoms with Gasteiger partial charge in [0.25, 0.3) is 5.91 Å². The van der Waals surface area contributed by atoms with E-state index in [0.29, 0.717) is 17.1 Å². The summed E-state index contributed by atoms with van der Waals surface area (Å²) < 4.78 is 13.2. The topological polar surface area (TPSA) is 41.8 Å². The van der Waals surface area contributed by atoms with Gasteiger partial charge in [0.15, 0.2) is 6.04 Å². The first-order chi connectivity index (χ1) is 11.7. The van der Waals surface area contributed by atoms with E-state index in [1.165, 1.54) is 40.5 Å². The molecule has 25 heavy (non-hydrogen) atoms. The lowest BCUT2D eigenvalue weighted by atomic mass is 9.65. The van der Waals surface area contributed by atoms with Crippen molar-refractivity contribution >= 4 is 17.5 Å². The van der Waals surface area contributed by atoms with Crippen LogP contribution in [0.15, 0.2) is 24.3 Å². The van der Waals surface area contributed by atoms with Gasteiger partial charge in [0.1, 0.15) is 5.82 Å². The predicted molar refractivity (Wildman–Crippen MR) is 92.7 cm³/mol. The van der Waals surface area contributed by atoms with Gasteiger partial charge in [-0.3, -0.25) is 9.59 Å². The highest BCUT2D eigenvalue weighted by Crippen LogP contribution is 2.47. The van der Waals surface area contributed by atoms with Crippen molar-refractivity contribution in [1.29, 1.82) is 0 Å². The second-order valence-corrected chi connectivity index (χ2v) is 9.31. The zero-order valence-corrected chi connectivity index (χ0v) is 15.1. The van der Waals surface area contributed by atoms with E-state index in [-0.39, 0.29) is 35.5 Å². The van der Waals surface area contributed by atoms with Crippen LogP contribution in [0.4, 0.5) is 10.1 Å². The van der Waals surface area contributed by atoms with Crippen LogP contribution in [-0.2, 0) is 9.59 Å². The third kappa shape index (κ3) is 2.78. The molecule has 4 atom stereocenters. The Bertz CT molecular complexity index is 730. The van der Waals surface area contributed by atoms with E-state index in [2.05, 4.69) is 20.8 Å². The smallest absolute Gasteiger partial charge is 0.292 e. The first-order valence-electron chi connectivity index (χ1n) is 9.16. The zero-order chi connectivity index (χ0) is 18.0. The number of rotatable bonds is 2. The lowest BCUT2D eigenvalue weighted by Crippen LogP contribution is -3.18. The Morgan fingerprint density at radius 2 is 1.80 bits per heavy atom. The number of carbonyl (C=O) groups excluding carboxylic acids is 2. The Balaban J connectivity index is 1.59. The Morgan fingerprint density at radius 1 is 1.12 bits per heavy atom. The van der Waals surface area contributed by atoms with Crippen molar-refractivity contribution < 1.29 is 18.9 Å². The molecule has 0 aromatic heterocycles. The molecular formula is C20H26FN2O2+. The van der Waals surface area contributed by atoms with Crippen LogP contribution in [-0.4, -0.2) is 30.4 Å². The number of nitrogens with one attached hydrogen (secondary N) is 1. The quantitative estimate of drug-likeness (QED) is 0.833. The van der Waals surface area contributed by atoms with Crippen LogP contribution in [0.25, 0.3) is 0 Å². The standard InChI is InChI=1S/C20H25FN2O2/c1-19(2)9-15-10-20(3,11-19)12-22(15)16-8-17(24)23(18(16)25)14-6-4-13(21)5-7-14/h4-7,15-16H,8-12H2,1-3H3/p+1/t15-,16+,20+/m1/s1. The molecule has 134 valence electrons. The summed E-state index contributed by atoms with van der Waals surface area (Å²) in [5.41, 5.74) is 1.03. The van der Waals surface area contributed by atoms with E-state index in [4.69, 9.17) is 0 Å². The summed E-state index contributed by atoms with van der Waals surface area (Å²) in [6.45, 7) is 7.91. The minimum atomic E-state index is -0.367. The fourth-order valence-corrected chi connectivity index (χ4v) is 5.86. The third-order valence-corrected chi connectivity index (χ3v) is 6.28. The molecule has 3 fully saturated rings. The maximum Gasteiger partial charge on any atom is 0.292 e. The van der Waals surface area contributed by atoms with E-state index in [0.717, 1.165) is 19.4 Å². The fourth-order valence-electron chi connectivity index (χ4n) is 5.86. The number of hydrogen-bond donors (Lipinski definition) is 1. The Hall–Kier alpha value is -1.75. The number of quaternary nitrogens is 1. The Labute approximate surface area is 148 Å². The number of amides is 2. The van der Waals surface area contributed by atoms with Crippen LogP contribution >= 0.6 is 0 Å². The number of carbonyl (C=O) groups is 2. The first-order valence-corrected chi connectivity index (χ1v) is 9.16. The van der Waals surface area contributed by atoms with Gasteiger partial charge in [-0.25, -0.2) is 9.29 Å². The lowest BCUT2D eigenvalue weighted by molar-refractivity contribution is -0.929. The van der Waals surface area contributed by atoms with Crippen LogP contribution in [0.5, 0.6) is 0 Å². The van der Waals surface area contributed by atoms with Gasteiger partial charge in [0, 0.05) is 18.3 Å². The normalized spacial score (nSPS) is 37.0. The van der Waals surface area contributed by atoms with Crippen molar-refractivity contribution in [2.45, 2.75) is 58.5 Å². The number of nitrogens with zero attached hydrogens (tertiary/aromatic N) is 1. The highest BCUT2D eigenvalue weighted by atomic mass is 19.1. The second kappa shape index (κ2) is 5.37. The lowest BCUT2D eigenvalue weighted by Gasteiger charge is -2.37. The van der Waals surface area contributed by atoms with Crippen LogP contribution in [0.3, 0.4) is 0 Å². The van der Waals surface area contributed by atoms with Gasteiger partial charge in [-0.1, -0.05) is 20.8 Å². The summed E-state index contributed by atoms with van der Waals surface area (Å²) in [5.74, 6) is -0.658. The number of fused-ring (bicyclic) bond motifs is 2. The van der Waals surface area contributed by atoms with E-state index in [1.54, 1.807) is 0 Å². The predicted octanol–water partition coefficient (Wildman–Crippen LogP) is 1.94. The molecule has 2 aliphatic heterocycles. The summed E-state index contributed by atoms with van der Waals surface area (Å²) in [6, 6.07) is 5.76. The molecule has 2 heterocycles. The molecule has 1 aliphatic carbocycles. The summed E-state index contributed by atoms with van der Waals surface area (Å²) >= 11 is 0. The summed E-state index contributed by atoms with van der Waals surface area (Å²) in [6.07, 6.45) is 3.68. The average Bonchev–Trinajstić information content (AvgIpc) is 2.92. The molecule has 0 spiro atoms. The number of benzene rings is 1. The number of anilines is 1. The fraction of sp³-hybridized carbons (Fsp3) is 0.600. The van der Waals surface area contributed by atoms with Gasteiger partial charge in [-0.2, -0.15) is 0 Å². The molecule has 1 unspecified atom stereocenters. The highest BCUT2D eigenvalue weighted by molar-refractivity contribution is 6.21. The molecule has 4 rings (SSSR count). The molecule has 4 nitrogen and oxygen atoms in total. The van der Waals surface area contributed by atoms with Gasteiger partial charge in [0.2, 0.25) is 5.91 Å². The van der Waals surface area contributed by atoms with Gasteiger partial charge in [0.05, 0.1) is 24.7 Å². The second-order valence-electron chi connectivity index (χ2n) is 9.31. The molecule has 5 heteroatoms. The summed E-state index contributed by atoms with van der Waals surface area (Å²) in [7, 11) is 0. The van der Waals surface area contributed by atoms with Gasteiger partial charge in [-0.05, 0) is 36.1 Å². The summed E-state index contributed by atoms with van der Waals surface area (Å²) in [4.78, 5) is 28.1. The number of hydrogen-bond acceptors (Lipinski definition) is 2. The molecule has 1 saturated carbocycles. The summed E-state index contributed by atoms with van der Waals surface area (Å²) in [5, 5.41) is 0. The number of halogens is 1. The van der Waals surface area contributed by atoms with Crippen LogP contribution < -0.4 is 9.80 Å². The van der Waals surface area contributed by atoms with Gasteiger partial charge >= 0.3 is 0 Å². The molecule has 2 bridgehead atoms. The molecule has 2 saturated heterocycles. The van der Waals surface area contributed by atoms with E-state index < -0.39 is 0 Å². The molecule has 3 aliphatic rings. The van der Waals surface area contributed by atoms with Crippen LogP contribution in [0.2, 0.25) is 0 Å². The molecule has 2 amide bonds. The Kier molecular flexibility index (Phi) is 3.59. The maximum atomic E-state index is 13.2. The van der Waals surface area contributed by atoms with Gasteiger partial charge < -0.3 is 4.90 Å². The number of imide groups is 1. The molecule has 0 radical (unpaired) electrons. The number of likely N-dealkylation sites (tertiary alicyclic amines) is 1. The third-order valence-electron chi connectivity index (χ3n) is 6.28. The zero-order valence-electron chi connectivity index (χ0n) is 15.1.